The van der Waals surface area contributed by atoms with E-state index in [0.717, 1.165) is 17.0 Å². The lowest BCUT2D eigenvalue weighted by Gasteiger charge is -2.12. The number of nitrogens with zero attached hydrogens (tertiary/aromatic N) is 2. The monoisotopic (exact) mass is 278 g/mol. The predicted octanol–water partition coefficient (Wildman–Crippen LogP) is 1.64. The average molecular weight is 278 g/mol. The number of hydrogen-bond donors (Lipinski definition) is 1. The second-order valence-corrected chi connectivity index (χ2v) is 4.51. The van der Waals surface area contributed by atoms with Crippen LogP contribution in [0.1, 0.15) is 17.0 Å². The standard InChI is InChI=1S/C14H18N2O4/c1-10-6-14(16-15-11(10)2)20-8-12(17)7-18-9-13-4-3-5-19-13/h3-6,12,17H,7-9H2,1-2H3. The number of aromatic nitrogens is 2. The van der Waals surface area contributed by atoms with E-state index in [1.807, 2.05) is 19.9 Å². The maximum Gasteiger partial charge on any atom is 0.233 e. The van der Waals surface area contributed by atoms with E-state index >= 15 is 0 Å². The second-order valence-electron chi connectivity index (χ2n) is 4.51. The molecule has 6 heteroatoms. The number of rotatable bonds is 7. The lowest BCUT2D eigenvalue weighted by molar-refractivity contribution is -0.0000451. The largest absolute Gasteiger partial charge is 0.474 e. The Labute approximate surface area is 117 Å². The molecule has 2 rings (SSSR count). The van der Waals surface area contributed by atoms with Gasteiger partial charge in [0.25, 0.3) is 0 Å². The summed E-state index contributed by atoms with van der Waals surface area (Å²) in [5.74, 6) is 1.12. The van der Waals surface area contributed by atoms with E-state index in [9.17, 15) is 5.11 Å². The molecule has 20 heavy (non-hydrogen) atoms. The molecule has 0 spiro atoms. The molecule has 0 saturated carbocycles. The highest BCUT2D eigenvalue weighted by Crippen LogP contribution is 2.10. The quantitative estimate of drug-likeness (QED) is 0.829. The van der Waals surface area contributed by atoms with Gasteiger partial charge in [-0.05, 0) is 31.5 Å². The second kappa shape index (κ2) is 7.02. The Balaban J connectivity index is 1.69. The Morgan fingerprint density at radius 2 is 2.15 bits per heavy atom. The van der Waals surface area contributed by atoms with Crippen molar-refractivity contribution in [1.29, 1.82) is 0 Å². The normalized spacial score (nSPS) is 12.3. The number of ether oxygens (including phenoxy) is 2. The zero-order chi connectivity index (χ0) is 14.4. The Hall–Kier alpha value is -1.92. The molecule has 2 aromatic rings. The van der Waals surface area contributed by atoms with Crippen LogP contribution in [0, 0.1) is 13.8 Å². The molecular weight excluding hydrogens is 260 g/mol. The van der Waals surface area contributed by atoms with E-state index in [1.54, 1.807) is 18.4 Å². The minimum Gasteiger partial charge on any atom is -0.474 e. The fourth-order valence-electron chi connectivity index (χ4n) is 1.51. The smallest absolute Gasteiger partial charge is 0.233 e. The van der Waals surface area contributed by atoms with Gasteiger partial charge in [0, 0.05) is 6.07 Å². The first kappa shape index (κ1) is 14.5. The highest BCUT2D eigenvalue weighted by atomic mass is 16.5. The maximum atomic E-state index is 9.73. The van der Waals surface area contributed by atoms with Gasteiger partial charge in [0.1, 0.15) is 25.1 Å². The zero-order valence-electron chi connectivity index (χ0n) is 11.6. The molecule has 108 valence electrons. The predicted molar refractivity (Wildman–Crippen MR) is 71.4 cm³/mol. The first-order chi connectivity index (χ1) is 9.65. The van der Waals surface area contributed by atoms with E-state index in [1.165, 1.54) is 0 Å². The first-order valence-electron chi connectivity index (χ1n) is 6.37. The third-order valence-corrected chi connectivity index (χ3v) is 2.77. The summed E-state index contributed by atoms with van der Waals surface area (Å²) >= 11 is 0. The van der Waals surface area contributed by atoms with Crippen molar-refractivity contribution in [1.82, 2.24) is 10.2 Å². The van der Waals surface area contributed by atoms with Crippen molar-refractivity contribution >= 4 is 0 Å². The SMILES string of the molecule is Cc1cc(OCC(O)COCc2ccco2)nnc1C. The van der Waals surface area contributed by atoms with E-state index in [0.29, 0.717) is 12.5 Å². The number of aliphatic hydroxyl groups is 1. The van der Waals surface area contributed by atoms with Crippen LogP contribution < -0.4 is 4.74 Å². The molecule has 2 heterocycles. The van der Waals surface area contributed by atoms with Crippen molar-refractivity contribution in [2.45, 2.75) is 26.6 Å². The van der Waals surface area contributed by atoms with Gasteiger partial charge in [0.05, 0.1) is 18.6 Å². The molecule has 2 aromatic heterocycles. The van der Waals surface area contributed by atoms with Gasteiger partial charge in [-0.15, -0.1) is 5.10 Å². The molecule has 1 N–H and O–H groups in total. The highest BCUT2D eigenvalue weighted by Gasteiger charge is 2.08. The molecule has 0 fully saturated rings. The molecule has 0 amide bonds. The van der Waals surface area contributed by atoms with E-state index in [-0.39, 0.29) is 13.2 Å². The van der Waals surface area contributed by atoms with Crippen LogP contribution in [-0.4, -0.2) is 34.6 Å². The first-order valence-corrected chi connectivity index (χ1v) is 6.37. The van der Waals surface area contributed by atoms with Gasteiger partial charge in [0.15, 0.2) is 0 Å². The van der Waals surface area contributed by atoms with Gasteiger partial charge in [-0.1, -0.05) is 0 Å². The van der Waals surface area contributed by atoms with Gasteiger partial charge in [-0.3, -0.25) is 0 Å². The van der Waals surface area contributed by atoms with Crippen LogP contribution in [-0.2, 0) is 11.3 Å². The summed E-state index contributed by atoms with van der Waals surface area (Å²) in [5.41, 5.74) is 1.86. The van der Waals surface area contributed by atoms with E-state index in [2.05, 4.69) is 10.2 Å². The van der Waals surface area contributed by atoms with E-state index < -0.39 is 6.10 Å². The summed E-state index contributed by atoms with van der Waals surface area (Å²) in [5, 5.41) is 17.6. The van der Waals surface area contributed by atoms with Crippen LogP contribution in [0.5, 0.6) is 5.88 Å². The number of furan rings is 1. The molecule has 0 aromatic carbocycles. The molecule has 0 aliphatic carbocycles. The number of aliphatic hydroxyl groups excluding tert-OH is 1. The number of aryl methyl sites for hydroxylation is 2. The van der Waals surface area contributed by atoms with Crippen molar-refractivity contribution in [2.24, 2.45) is 0 Å². The molecule has 0 aliphatic rings. The van der Waals surface area contributed by atoms with Crippen LogP contribution in [0.15, 0.2) is 28.9 Å². The molecule has 6 nitrogen and oxygen atoms in total. The lowest BCUT2D eigenvalue weighted by Crippen LogP contribution is -2.23. The summed E-state index contributed by atoms with van der Waals surface area (Å²) < 4.78 is 15.8. The minimum atomic E-state index is -0.728. The molecule has 1 unspecified atom stereocenters. The highest BCUT2D eigenvalue weighted by molar-refractivity contribution is 5.21. The Kier molecular flexibility index (Phi) is 5.09. The topological polar surface area (TPSA) is 77.6 Å². The Morgan fingerprint density at radius 3 is 2.85 bits per heavy atom. The molecule has 0 bridgehead atoms. The zero-order valence-corrected chi connectivity index (χ0v) is 11.6. The van der Waals surface area contributed by atoms with E-state index in [4.69, 9.17) is 13.9 Å². The van der Waals surface area contributed by atoms with Crippen molar-refractivity contribution in [3.63, 3.8) is 0 Å². The van der Waals surface area contributed by atoms with Crippen LogP contribution in [0.4, 0.5) is 0 Å². The summed E-state index contributed by atoms with van der Waals surface area (Å²) in [7, 11) is 0. The summed E-state index contributed by atoms with van der Waals surface area (Å²) in [6.45, 7) is 4.41. The summed E-state index contributed by atoms with van der Waals surface area (Å²) in [4.78, 5) is 0. The van der Waals surface area contributed by atoms with Crippen LogP contribution in [0.25, 0.3) is 0 Å². The van der Waals surface area contributed by atoms with Crippen molar-refractivity contribution in [3.8, 4) is 5.88 Å². The van der Waals surface area contributed by atoms with Gasteiger partial charge in [0.2, 0.25) is 5.88 Å². The van der Waals surface area contributed by atoms with Gasteiger partial charge in [-0.2, -0.15) is 5.10 Å². The van der Waals surface area contributed by atoms with Crippen molar-refractivity contribution in [3.05, 3.63) is 41.5 Å². The molecule has 0 saturated heterocycles. The van der Waals surface area contributed by atoms with Gasteiger partial charge >= 0.3 is 0 Å². The summed E-state index contributed by atoms with van der Waals surface area (Å²) in [6.07, 6.45) is 0.852. The third-order valence-electron chi connectivity index (χ3n) is 2.77. The van der Waals surface area contributed by atoms with Gasteiger partial charge < -0.3 is 19.0 Å². The lowest BCUT2D eigenvalue weighted by atomic mass is 10.2. The Morgan fingerprint density at radius 1 is 1.30 bits per heavy atom. The summed E-state index contributed by atoms with van der Waals surface area (Å²) in [6, 6.07) is 5.39. The van der Waals surface area contributed by atoms with Gasteiger partial charge in [-0.25, -0.2) is 0 Å². The fourth-order valence-corrected chi connectivity index (χ4v) is 1.51. The molecule has 0 radical (unpaired) electrons. The molecule has 1 atom stereocenters. The molecular formula is C14H18N2O4. The van der Waals surface area contributed by atoms with Crippen LogP contribution in [0.2, 0.25) is 0 Å². The Bertz CT molecular complexity index is 528. The average Bonchev–Trinajstić information content (AvgIpc) is 2.93. The maximum absolute atomic E-state index is 9.73. The van der Waals surface area contributed by atoms with Crippen LogP contribution >= 0.6 is 0 Å². The van der Waals surface area contributed by atoms with Crippen molar-refractivity contribution in [2.75, 3.05) is 13.2 Å². The van der Waals surface area contributed by atoms with Crippen LogP contribution in [0.3, 0.4) is 0 Å². The third kappa shape index (κ3) is 4.32. The fraction of sp³-hybridized carbons (Fsp3) is 0.429. The van der Waals surface area contributed by atoms with Crippen molar-refractivity contribution < 1.29 is 19.0 Å². The number of hydrogen-bond acceptors (Lipinski definition) is 6. The molecule has 0 aliphatic heterocycles. The minimum absolute atomic E-state index is 0.106.